The zero-order chi connectivity index (χ0) is 18.4. The topological polar surface area (TPSA) is 44.8 Å². The number of ether oxygens (including phenoxy) is 1. The molecule has 1 amide bonds. The Morgan fingerprint density at radius 3 is 2.40 bits per heavy atom. The molecular weight excluding hydrogens is 334 g/mol. The lowest BCUT2D eigenvalue weighted by Crippen LogP contribution is -2.50. The second-order valence-corrected chi connectivity index (χ2v) is 7.12. The van der Waals surface area contributed by atoms with Crippen molar-refractivity contribution in [3.05, 3.63) is 29.3 Å². The Morgan fingerprint density at radius 2 is 1.88 bits per heavy atom. The molecule has 0 aliphatic carbocycles. The molecule has 1 fully saturated rings. The zero-order valence-corrected chi connectivity index (χ0v) is 16.5. The van der Waals surface area contributed by atoms with Crippen LogP contribution in [0.5, 0.6) is 0 Å². The molecule has 1 aliphatic heterocycles. The third kappa shape index (κ3) is 5.68. The number of rotatable bonds is 5. The molecule has 25 heavy (non-hydrogen) atoms. The number of aryl methyl sites for hydroxylation is 2. The van der Waals surface area contributed by atoms with Gasteiger partial charge in [-0.25, -0.2) is 0 Å². The van der Waals surface area contributed by atoms with Gasteiger partial charge in [-0.3, -0.25) is 4.79 Å². The van der Waals surface area contributed by atoms with Crippen LogP contribution < -0.4 is 5.32 Å². The summed E-state index contributed by atoms with van der Waals surface area (Å²) in [5.41, 5.74) is 3.44. The molecule has 1 saturated heterocycles. The molecule has 1 aliphatic rings. The number of hydrogen-bond donors (Lipinski definition) is 1. The van der Waals surface area contributed by atoms with Crippen molar-refractivity contribution in [3.8, 4) is 0 Å². The van der Waals surface area contributed by atoms with Crippen LogP contribution >= 0.6 is 12.2 Å². The second-order valence-electron chi connectivity index (χ2n) is 6.73. The van der Waals surface area contributed by atoms with Gasteiger partial charge in [-0.2, -0.15) is 0 Å². The van der Waals surface area contributed by atoms with E-state index < -0.39 is 0 Å². The molecule has 0 spiro atoms. The van der Waals surface area contributed by atoms with Gasteiger partial charge in [0, 0.05) is 45.4 Å². The molecule has 0 bridgehead atoms. The summed E-state index contributed by atoms with van der Waals surface area (Å²) in [4.78, 5) is 15.7. The molecule has 0 atom stereocenters. The molecule has 2 rings (SSSR count). The van der Waals surface area contributed by atoms with E-state index in [2.05, 4.69) is 42.3 Å². The number of amides is 1. The van der Waals surface area contributed by atoms with Gasteiger partial charge >= 0.3 is 0 Å². The average Bonchev–Trinajstić information content (AvgIpc) is 2.54. The van der Waals surface area contributed by atoms with Crippen molar-refractivity contribution < 1.29 is 9.53 Å². The molecule has 1 N–H and O–H groups in total. The summed E-state index contributed by atoms with van der Waals surface area (Å²) < 4.78 is 5.27. The van der Waals surface area contributed by atoms with Gasteiger partial charge in [-0.1, -0.05) is 6.07 Å². The number of hydrogen-bond acceptors (Lipinski definition) is 3. The monoisotopic (exact) mass is 363 g/mol. The molecule has 0 unspecified atom stereocenters. The minimum Gasteiger partial charge on any atom is -0.383 e. The Morgan fingerprint density at radius 1 is 1.28 bits per heavy atom. The van der Waals surface area contributed by atoms with Gasteiger partial charge in [0.15, 0.2) is 5.11 Å². The van der Waals surface area contributed by atoms with Gasteiger partial charge in [0.25, 0.3) is 0 Å². The highest BCUT2D eigenvalue weighted by Gasteiger charge is 2.27. The normalized spacial score (nSPS) is 15.1. The maximum absolute atomic E-state index is 11.5. The van der Waals surface area contributed by atoms with Gasteiger partial charge in [-0.05, 0) is 62.2 Å². The van der Waals surface area contributed by atoms with E-state index in [9.17, 15) is 4.79 Å². The van der Waals surface area contributed by atoms with Crippen LogP contribution in [0.3, 0.4) is 0 Å². The summed E-state index contributed by atoms with van der Waals surface area (Å²) in [6.45, 7) is 8.75. The standard InChI is InChI=1S/C19H29N3O2S/c1-14-11-15(2)13-17(12-14)20-19(25)22(9-10-24-4)18-5-7-21(8-6-18)16(3)23/h11-13,18H,5-10H2,1-4H3,(H,20,25). The number of anilines is 1. The summed E-state index contributed by atoms with van der Waals surface area (Å²) >= 11 is 5.70. The summed E-state index contributed by atoms with van der Waals surface area (Å²) in [5.74, 6) is 0.151. The minimum atomic E-state index is 0.151. The maximum Gasteiger partial charge on any atom is 0.219 e. The van der Waals surface area contributed by atoms with Crippen molar-refractivity contribution in [1.29, 1.82) is 0 Å². The number of nitrogens with one attached hydrogen (secondary N) is 1. The van der Waals surface area contributed by atoms with E-state index >= 15 is 0 Å². The van der Waals surface area contributed by atoms with Crippen molar-refractivity contribution in [2.75, 3.05) is 38.7 Å². The highest BCUT2D eigenvalue weighted by atomic mass is 32.1. The Balaban J connectivity index is 2.05. The minimum absolute atomic E-state index is 0.151. The Kier molecular flexibility index (Phi) is 7.20. The number of thiocarbonyl (C=S) groups is 1. The molecule has 1 aromatic carbocycles. The quantitative estimate of drug-likeness (QED) is 0.815. The molecular formula is C19H29N3O2S. The number of benzene rings is 1. The molecule has 0 radical (unpaired) electrons. The number of likely N-dealkylation sites (tertiary alicyclic amines) is 1. The van der Waals surface area contributed by atoms with Crippen molar-refractivity contribution in [2.45, 2.75) is 39.7 Å². The number of methoxy groups -OCH3 is 1. The van der Waals surface area contributed by atoms with Gasteiger partial charge in [0.1, 0.15) is 0 Å². The van der Waals surface area contributed by atoms with Crippen molar-refractivity contribution in [3.63, 3.8) is 0 Å². The van der Waals surface area contributed by atoms with Crippen LogP contribution in [0.1, 0.15) is 30.9 Å². The highest BCUT2D eigenvalue weighted by molar-refractivity contribution is 7.80. The fourth-order valence-corrected chi connectivity index (χ4v) is 3.73. The fourth-order valence-electron chi connectivity index (χ4n) is 3.37. The van der Waals surface area contributed by atoms with E-state index in [1.165, 1.54) is 11.1 Å². The Labute approximate surface area is 156 Å². The van der Waals surface area contributed by atoms with E-state index in [0.29, 0.717) is 12.6 Å². The third-order valence-corrected chi connectivity index (χ3v) is 4.96. The number of carbonyl (C=O) groups excluding carboxylic acids is 1. The van der Waals surface area contributed by atoms with Crippen molar-refractivity contribution in [2.24, 2.45) is 0 Å². The van der Waals surface area contributed by atoms with Gasteiger partial charge in [0.05, 0.1) is 6.61 Å². The van der Waals surface area contributed by atoms with E-state index in [1.807, 2.05) is 4.90 Å². The molecule has 1 heterocycles. The lowest BCUT2D eigenvalue weighted by molar-refractivity contribution is -0.130. The predicted octanol–water partition coefficient (Wildman–Crippen LogP) is 2.96. The Bertz CT molecular complexity index is 592. The van der Waals surface area contributed by atoms with Crippen LogP contribution in [0, 0.1) is 13.8 Å². The Hall–Kier alpha value is -1.66. The van der Waals surface area contributed by atoms with Gasteiger partial charge in [0.2, 0.25) is 5.91 Å². The smallest absolute Gasteiger partial charge is 0.219 e. The van der Waals surface area contributed by atoms with E-state index in [0.717, 1.165) is 43.3 Å². The van der Waals surface area contributed by atoms with Crippen LogP contribution in [-0.4, -0.2) is 60.2 Å². The average molecular weight is 364 g/mol. The molecule has 0 aromatic heterocycles. The zero-order valence-electron chi connectivity index (χ0n) is 15.7. The first-order chi connectivity index (χ1) is 11.9. The molecule has 1 aromatic rings. The molecule has 0 saturated carbocycles. The number of piperidine rings is 1. The van der Waals surface area contributed by atoms with Crippen LogP contribution in [0.4, 0.5) is 5.69 Å². The van der Waals surface area contributed by atoms with Crippen LogP contribution in [0.25, 0.3) is 0 Å². The SMILES string of the molecule is COCCN(C(=S)Nc1cc(C)cc(C)c1)C1CCN(C(C)=O)CC1. The van der Waals surface area contributed by atoms with E-state index in [4.69, 9.17) is 17.0 Å². The lowest BCUT2D eigenvalue weighted by Gasteiger charge is -2.39. The summed E-state index contributed by atoms with van der Waals surface area (Å²) in [7, 11) is 1.71. The lowest BCUT2D eigenvalue weighted by atomic mass is 10.0. The van der Waals surface area contributed by atoms with Crippen LogP contribution in [-0.2, 0) is 9.53 Å². The van der Waals surface area contributed by atoms with Crippen molar-refractivity contribution >= 4 is 28.9 Å². The summed E-state index contributed by atoms with van der Waals surface area (Å²) in [6, 6.07) is 6.68. The van der Waals surface area contributed by atoms with Crippen LogP contribution in [0.15, 0.2) is 18.2 Å². The maximum atomic E-state index is 11.5. The summed E-state index contributed by atoms with van der Waals surface area (Å²) in [6.07, 6.45) is 1.86. The fraction of sp³-hybridized carbons (Fsp3) is 0.579. The number of nitrogens with zero attached hydrogens (tertiary/aromatic N) is 2. The first-order valence-electron chi connectivity index (χ1n) is 8.81. The van der Waals surface area contributed by atoms with Gasteiger partial charge < -0.3 is 19.9 Å². The largest absolute Gasteiger partial charge is 0.383 e. The molecule has 138 valence electrons. The third-order valence-electron chi connectivity index (χ3n) is 4.62. The predicted molar refractivity (Wildman–Crippen MR) is 106 cm³/mol. The second kappa shape index (κ2) is 9.15. The molecule has 5 nitrogen and oxygen atoms in total. The van der Waals surface area contributed by atoms with Gasteiger partial charge in [-0.15, -0.1) is 0 Å². The van der Waals surface area contributed by atoms with E-state index in [1.54, 1.807) is 14.0 Å². The first kappa shape index (κ1) is 19.7. The first-order valence-corrected chi connectivity index (χ1v) is 9.22. The van der Waals surface area contributed by atoms with E-state index in [-0.39, 0.29) is 5.91 Å². The molecule has 6 heteroatoms. The van der Waals surface area contributed by atoms with Crippen molar-refractivity contribution in [1.82, 2.24) is 9.80 Å². The highest BCUT2D eigenvalue weighted by Crippen LogP contribution is 2.20. The van der Waals surface area contributed by atoms with Crippen LogP contribution in [0.2, 0.25) is 0 Å². The summed E-state index contributed by atoms with van der Waals surface area (Å²) in [5, 5.41) is 4.11. The number of carbonyl (C=O) groups is 1.